The van der Waals surface area contributed by atoms with E-state index in [4.69, 9.17) is 0 Å². The van der Waals surface area contributed by atoms with Crippen LogP contribution in [0.25, 0.3) is 0 Å². The van der Waals surface area contributed by atoms with Gasteiger partial charge in [0.15, 0.2) is 5.03 Å². The van der Waals surface area contributed by atoms with Gasteiger partial charge in [0, 0.05) is 37.8 Å². The molecule has 1 aliphatic carbocycles. The van der Waals surface area contributed by atoms with E-state index in [0.29, 0.717) is 19.4 Å². The fourth-order valence-electron chi connectivity index (χ4n) is 5.51. The molecular weight excluding hydrogens is 436 g/mol. The number of sulfonamides is 1. The summed E-state index contributed by atoms with van der Waals surface area (Å²) in [6, 6.07) is 15.5. The van der Waals surface area contributed by atoms with Crippen LogP contribution in [0.3, 0.4) is 0 Å². The molecule has 1 aromatic carbocycles. The Hall–Kier alpha value is -2.29. The molecule has 0 atom stereocenters. The minimum atomic E-state index is -3.61. The Morgan fingerprint density at radius 1 is 1.03 bits per heavy atom. The van der Waals surface area contributed by atoms with Gasteiger partial charge in [0.1, 0.15) is 0 Å². The average molecular weight is 471 g/mol. The Morgan fingerprint density at radius 2 is 1.73 bits per heavy atom. The number of pyridine rings is 1. The van der Waals surface area contributed by atoms with Crippen molar-refractivity contribution in [3.05, 3.63) is 60.3 Å². The third-order valence-corrected chi connectivity index (χ3v) is 8.90. The SMILES string of the molecule is CN(C)C1(c2ccccc2)CCC2(CC1)CC(=O)N(CCCNS(=O)(=O)c1ccccn1)C2. The van der Waals surface area contributed by atoms with Gasteiger partial charge in [-0.3, -0.25) is 9.69 Å². The molecule has 8 heteroatoms. The summed E-state index contributed by atoms with van der Waals surface area (Å²) in [4.78, 5) is 21.0. The molecule has 2 aromatic rings. The molecule has 1 saturated heterocycles. The number of amides is 1. The zero-order chi connectivity index (χ0) is 23.5. The van der Waals surface area contributed by atoms with E-state index in [1.807, 2.05) is 4.90 Å². The van der Waals surface area contributed by atoms with E-state index < -0.39 is 10.0 Å². The van der Waals surface area contributed by atoms with Crippen LogP contribution in [0.5, 0.6) is 0 Å². The van der Waals surface area contributed by atoms with Crippen LogP contribution in [0, 0.1) is 5.41 Å². The lowest BCUT2D eigenvalue weighted by atomic mass is 9.64. The summed E-state index contributed by atoms with van der Waals surface area (Å²) >= 11 is 0. The molecule has 1 N–H and O–H groups in total. The molecule has 1 amide bonds. The second-order valence-electron chi connectivity index (χ2n) is 9.70. The van der Waals surface area contributed by atoms with Crippen molar-refractivity contribution >= 4 is 15.9 Å². The lowest BCUT2D eigenvalue weighted by Crippen LogP contribution is -2.47. The number of aromatic nitrogens is 1. The number of carbonyl (C=O) groups is 1. The molecule has 2 fully saturated rings. The third kappa shape index (κ3) is 4.98. The Bertz CT molecular complexity index is 1050. The number of hydrogen-bond acceptors (Lipinski definition) is 5. The van der Waals surface area contributed by atoms with E-state index in [2.05, 4.69) is 59.0 Å². The van der Waals surface area contributed by atoms with Crippen LogP contribution in [0.15, 0.2) is 59.8 Å². The maximum atomic E-state index is 12.8. The van der Waals surface area contributed by atoms with Crippen molar-refractivity contribution < 1.29 is 13.2 Å². The first-order valence-corrected chi connectivity index (χ1v) is 13.2. The van der Waals surface area contributed by atoms with Crippen molar-refractivity contribution in [2.45, 2.75) is 49.1 Å². The normalized spacial score (nSPS) is 25.8. The van der Waals surface area contributed by atoms with Gasteiger partial charge in [0.25, 0.3) is 10.0 Å². The topological polar surface area (TPSA) is 82.6 Å². The molecule has 0 unspecified atom stereocenters. The highest BCUT2D eigenvalue weighted by molar-refractivity contribution is 7.89. The zero-order valence-corrected chi connectivity index (χ0v) is 20.4. The van der Waals surface area contributed by atoms with Crippen LogP contribution >= 0.6 is 0 Å². The lowest BCUT2D eigenvalue weighted by Gasteiger charge is -2.48. The maximum absolute atomic E-state index is 12.8. The minimum absolute atomic E-state index is 0.0196. The van der Waals surface area contributed by atoms with Gasteiger partial charge in [-0.1, -0.05) is 36.4 Å². The van der Waals surface area contributed by atoms with Crippen molar-refractivity contribution in [2.24, 2.45) is 5.41 Å². The summed E-state index contributed by atoms with van der Waals surface area (Å²) in [7, 11) is 0.698. The molecule has 2 aliphatic rings. The predicted octanol–water partition coefficient (Wildman–Crippen LogP) is 3.00. The molecule has 1 aromatic heterocycles. The second-order valence-corrected chi connectivity index (χ2v) is 11.4. The van der Waals surface area contributed by atoms with Gasteiger partial charge in [0.05, 0.1) is 0 Å². The van der Waals surface area contributed by atoms with Crippen LogP contribution in [0.2, 0.25) is 0 Å². The van der Waals surface area contributed by atoms with Crippen LogP contribution in [0.1, 0.15) is 44.1 Å². The number of benzene rings is 1. The van der Waals surface area contributed by atoms with E-state index >= 15 is 0 Å². The van der Waals surface area contributed by atoms with E-state index in [9.17, 15) is 13.2 Å². The highest BCUT2D eigenvalue weighted by atomic mass is 32.2. The molecular formula is C25H34N4O3S. The van der Waals surface area contributed by atoms with Crippen molar-refractivity contribution in [3.8, 4) is 0 Å². The Kier molecular flexibility index (Phi) is 6.88. The fourth-order valence-corrected chi connectivity index (χ4v) is 6.53. The Labute approximate surface area is 197 Å². The number of rotatable bonds is 8. The van der Waals surface area contributed by atoms with Gasteiger partial charge in [-0.05, 0) is 69.3 Å². The maximum Gasteiger partial charge on any atom is 0.258 e. The molecule has 0 radical (unpaired) electrons. The molecule has 0 bridgehead atoms. The molecule has 4 rings (SSSR count). The number of likely N-dealkylation sites (tertiary alicyclic amines) is 1. The summed E-state index contributed by atoms with van der Waals surface area (Å²) in [5, 5.41) is 0.0196. The number of nitrogens with zero attached hydrogens (tertiary/aromatic N) is 3. The second kappa shape index (κ2) is 9.52. The highest BCUT2D eigenvalue weighted by Crippen LogP contribution is 2.52. The first-order chi connectivity index (χ1) is 15.8. The number of nitrogens with one attached hydrogen (secondary N) is 1. The highest BCUT2D eigenvalue weighted by Gasteiger charge is 2.49. The zero-order valence-electron chi connectivity index (χ0n) is 19.5. The van der Waals surface area contributed by atoms with Crippen molar-refractivity contribution in [1.29, 1.82) is 0 Å². The van der Waals surface area contributed by atoms with E-state index in [-0.39, 0.29) is 28.4 Å². The predicted molar refractivity (Wildman–Crippen MR) is 128 cm³/mol. The molecule has 2 heterocycles. The van der Waals surface area contributed by atoms with E-state index in [1.165, 1.54) is 17.8 Å². The summed E-state index contributed by atoms with van der Waals surface area (Å²) in [5.74, 6) is 0.194. The van der Waals surface area contributed by atoms with Crippen LogP contribution < -0.4 is 4.72 Å². The molecule has 1 saturated carbocycles. The summed E-state index contributed by atoms with van der Waals surface area (Å²) in [6.07, 6.45) is 6.77. The summed E-state index contributed by atoms with van der Waals surface area (Å²) in [5.41, 5.74) is 1.41. The quantitative estimate of drug-likeness (QED) is 0.600. The van der Waals surface area contributed by atoms with Crippen LogP contribution in [-0.4, -0.2) is 62.8 Å². The molecule has 7 nitrogen and oxygen atoms in total. The monoisotopic (exact) mass is 470 g/mol. The van der Waals surface area contributed by atoms with Gasteiger partial charge in [0.2, 0.25) is 5.91 Å². The van der Waals surface area contributed by atoms with E-state index in [1.54, 1.807) is 12.1 Å². The van der Waals surface area contributed by atoms with Crippen molar-refractivity contribution in [2.75, 3.05) is 33.7 Å². The first kappa shape index (κ1) is 23.9. The molecule has 178 valence electrons. The van der Waals surface area contributed by atoms with Gasteiger partial charge in [-0.25, -0.2) is 18.1 Å². The largest absolute Gasteiger partial charge is 0.342 e. The van der Waals surface area contributed by atoms with Crippen LogP contribution in [-0.2, 0) is 20.4 Å². The Morgan fingerprint density at radius 3 is 2.36 bits per heavy atom. The number of hydrogen-bond donors (Lipinski definition) is 1. The molecule has 33 heavy (non-hydrogen) atoms. The third-order valence-electron chi connectivity index (χ3n) is 7.52. The van der Waals surface area contributed by atoms with Gasteiger partial charge < -0.3 is 4.90 Å². The summed E-state index contributed by atoms with van der Waals surface area (Å²) < 4.78 is 27.2. The Balaban J connectivity index is 1.31. The van der Waals surface area contributed by atoms with Gasteiger partial charge in [-0.15, -0.1) is 0 Å². The average Bonchev–Trinajstić information content (AvgIpc) is 3.13. The van der Waals surface area contributed by atoms with Crippen molar-refractivity contribution in [3.63, 3.8) is 0 Å². The van der Waals surface area contributed by atoms with Crippen molar-refractivity contribution in [1.82, 2.24) is 19.5 Å². The van der Waals surface area contributed by atoms with Gasteiger partial charge in [-0.2, -0.15) is 0 Å². The fraction of sp³-hybridized carbons (Fsp3) is 0.520. The van der Waals surface area contributed by atoms with Gasteiger partial charge >= 0.3 is 0 Å². The number of carbonyl (C=O) groups excluding carboxylic acids is 1. The first-order valence-electron chi connectivity index (χ1n) is 11.7. The molecule has 1 aliphatic heterocycles. The lowest BCUT2D eigenvalue weighted by molar-refractivity contribution is -0.127. The van der Waals surface area contributed by atoms with E-state index in [0.717, 1.165) is 32.2 Å². The molecule has 1 spiro atoms. The standard InChI is InChI=1S/C25H34N4O3S/c1-28(2)25(21-9-4-3-5-10-21)14-12-24(13-15-25)19-23(30)29(20-24)18-8-17-27-33(31,32)22-11-6-7-16-26-22/h3-7,9-11,16,27H,8,12-15,17-20H2,1-2H3. The summed E-state index contributed by atoms with van der Waals surface area (Å²) in [6.45, 7) is 1.63. The minimum Gasteiger partial charge on any atom is -0.342 e. The van der Waals surface area contributed by atoms with Crippen LogP contribution in [0.4, 0.5) is 0 Å². The smallest absolute Gasteiger partial charge is 0.258 e.